The molecule has 1 fully saturated rings. The molecule has 1 aromatic carbocycles. The van der Waals surface area contributed by atoms with E-state index >= 15 is 0 Å². The minimum Gasteiger partial charge on any atom is -0.341 e. The number of nitrogens with zero attached hydrogens (tertiary/aromatic N) is 2. The third kappa shape index (κ3) is 4.42. The van der Waals surface area contributed by atoms with Crippen LogP contribution in [0.2, 0.25) is 0 Å². The highest BCUT2D eigenvalue weighted by molar-refractivity contribution is 5.80. The molecule has 2 aliphatic heterocycles. The summed E-state index contributed by atoms with van der Waals surface area (Å²) in [4.78, 5) is 16.2. The molecule has 3 nitrogen and oxygen atoms in total. The summed E-state index contributed by atoms with van der Waals surface area (Å²) in [6.07, 6.45) is 10.5. The van der Waals surface area contributed by atoms with Gasteiger partial charge in [0.2, 0.25) is 5.91 Å². The minimum atomic E-state index is -0.481. The zero-order valence-electron chi connectivity index (χ0n) is 15.5. The van der Waals surface area contributed by atoms with Crippen LogP contribution in [0.15, 0.2) is 60.7 Å². The number of halogens is 2. The first kappa shape index (κ1) is 19.2. The van der Waals surface area contributed by atoms with Crippen molar-refractivity contribution in [1.82, 2.24) is 9.80 Å². The van der Waals surface area contributed by atoms with Gasteiger partial charge >= 0.3 is 0 Å². The van der Waals surface area contributed by atoms with E-state index in [0.29, 0.717) is 12.1 Å². The van der Waals surface area contributed by atoms with Gasteiger partial charge in [0.25, 0.3) is 0 Å². The van der Waals surface area contributed by atoms with Crippen LogP contribution in [0.1, 0.15) is 18.9 Å². The summed E-state index contributed by atoms with van der Waals surface area (Å²) in [7, 11) is 0. The average molecular weight is 370 g/mol. The van der Waals surface area contributed by atoms with Crippen molar-refractivity contribution in [3.63, 3.8) is 0 Å². The molecule has 1 amide bonds. The van der Waals surface area contributed by atoms with Gasteiger partial charge in [-0.15, -0.1) is 0 Å². The second kappa shape index (κ2) is 8.44. The van der Waals surface area contributed by atoms with Gasteiger partial charge in [0, 0.05) is 25.2 Å². The Bertz CT molecular complexity index is 822. The molecule has 2 heterocycles. The van der Waals surface area contributed by atoms with Crippen molar-refractivity contribution in [2.45, 2.75) is 19.4 Å². The second-order valence-electron chi connectivity index (χ2n) is 6.86. The van der Waals surface area contributed by atoms with Crippen molar-refractivity contribution >= 4 is 11.5 Å². The molecule has 27 heavy (non-hydrogen) atoms. The van der Waals surface area contributed by atoms with Crippen LogP contribution in [0.25, 0.3) is 5.57 Å². The van der Waals surface area contributed by atoms with Crippen molar-refractivity contribution in [2.75, 3.05) is 26.2 Å². The van der Waals surface area contributed by atoms with Gasteiger partial charge in [-0.25, -0.2) is 8.78 Å². The molecule has 1 aromatic rings. The summed E-state index contributed by atoms with van der Waals surface area (Å²) in [6, 6.07) is 3.22. The van der Waals surface area contributed by atoms with Crippen LogP contribution >= 0.6 is 0 Å². The summed E-state index contributed by atoms with van der Waals surface area (Å²) in [6.45, 7) is 8.23. The number of amides is 1. The van der Waals surface area contributed by atoms with E-state index in [-0.39, 0.29) is 24.1 Å². The fourth-order valence-corrected chi connectivity index (χ4v) is 3.31. The molecule has 1 atom stereocenters. The van der Waals surface area contributed by atoms with Crippen LogP contribution in [0.3, 0.4) is 0 Å². The standard InChI is InChI=1S/C22H24F2N2O/c1-3-4-5-7-16(2)21-12-17(19-13-18(23)8-9-20(19)24)14-26(21)15-22(27)25-10-6-11-25/h3-5,7-9,12-13,21H,2,6,10-11,14-15H2,1H3/b4-3-,7-5-/t21-/m0/s1. The quantitative estimate of drug-likeness (QED) is 0.708. The fourth-order valence-electron chi connectivity index (χ4n) is 3.31. The molecular formula is C22H24F2N2O. The molecule has 142 valence electrons. The van der Waals surface area contributed by atoms with Gasteiger partial charge in [0.15, 0.2) is 0 Å². The van der Waals surface area contributed by atoms with Gasteiger partial charge in [0.1, 0.15) is 11.6 Å². The smallest absolute Gasteiger partial charge is 0.236 e. The number of carbonyl (C=O) groups excluding carboxylic acids is 1. The summed E-state index contributed by atoms with van der Waals surface area (Å²) in [5, 5.41) is 0. The Labute approximate surface area is 159 Å². The third-order valence-electron chi connectivity index (χ3n) is 4.94. The van der Waals surface area contributed by atoms with E-state index in [1.54, 1.807) is 0 Å². The number of allylic oxidation sites excluding steroid dienone is 3. The van der Waals surface area contributed by atoms with Gasteiger partial charge in [-0.05, 0) is 42.7 Å². The zero-order valence-corrected chi connectivity index (χ0v) is 15.5. The van der Waals surface area contributed by atoms with Crippen molar-refractivity contribution in [2.24, 2.45) is 0 Å². The number of carbonyl (C=O) groups is 1. The first-order valence-corrected chi connectivity index (χ1v) is 9.15. The fraction of sp³-hybridized carbons (Fsp3) is 0.318. The zero-order chi connectivity index (χ0) is 19.4. The molecule has 0 N–H and O–H groups in total. The summed E-state index contributed by atoms with van der Waals surface area (Å²) in [5.74, 6) is -0.885. The number of hydrogen-bond donors (Lipinski definition) is 0. The maximum atomic E-state index is 14.2. The topological polar surface area (TPSA) is 23.6 Å². The van der Waals surface area contributed by atoms with Crippen molar-refractivity contribution in [3.05, 3.63) is 77.9 Å². The van der Waals surface area contributed by atoms with E-state index in [9.17, 15) is 13.6 Å². The predicted octanol–water partition coefficient (Wildman–Crippen LogP) is 3.95. The minimum absolute atomic E-state index is 0.0610. The lowest BCUT2D eigenvalue weighted by Gasteiger charge is -2.34. The van der Waals surface area contributed by atoms with Crippen LogP contribution in [-0.2, 0) is 4.79 Å². The molecule has 2 aliphatic rings. The Balaban J connectivity index is 1.84. The Morgan fingerprint density at radius 3 is 2.74 bits per heavy atom. The second-order valence-corrected chi connectivity index (χ2v) is 6.86. The Morgan fingerprint density at radius 1 is 1.30 bits per heavy atom. The third-order valence-corrected chi connectivity index (χ3v) is 4.94. The number of rotatable bonds is 6. The highest BCUT2D eigenvalue weighted by Crippen LogP contribution is 2.30. The highest BCUT2D eigenvalue weighted by atomic mass is 19.1. The van der Waals surface area contributed by atoms with E-state index in [0.717, 1.165) is 37.2 Å². The monoisotopic (exact) mass is 370 g/mol. The molecule has 0 saturated carbocycles. The van der Waals surface area contributed by atoms with Gasteiger partial charge in [-0.1, -0.05) is 37.0 Å². The van der Waals surface area contributed by atoms with E-state index in [2.05, 4.69) is 6.58 Å². The molecule has 3 rings (SSSR count). The molecule has 0 unspecified atom stereocenters. The SMILES string of the molecule is C=C(/C=C\C=C/C)[C@@H]1C=C(c2cc(F)ccc2F)CN1CC(=O)N1CCC1. The van der Waals surface area contributed by atoms with Crippen LogP contribution in [0, 0.1) is 11.6 Å². The first-order valence-electron chi connectivity index (χ1n) is 9.15. The molecule has 0 aliphatic carbocycles. The summed E-state index contributed by atoms with van der Waals surface area (Å²) in [5.41, 5.74) is 1.72. The number of hydrogen-bond acceptors (Lipinski definition) is 2. The highest BCUT2D eigenvalue weighted by Gasteiger charge is 2.31. The van der Waals surface area contributed by atoms with Crippen molar-refractivity contribution < 1.29 is 13.6 Å². The van der Waals surface area contributed by atoms with Crippen LogP contribution in [0.5, 0.6) is 0 Å². The maximum Gasteiger partial charge on any atom is 0.236 e. The number of benzene rings is 1. The lowest BCUT2D eigenvalue weighted by atomic mass is 10.0. The maximum absolute atomic E-state index is 14.2. The molecule has 0 radical (unpaired) electrons. The molecule has 0 spiro atoms. The normalized spacial score (nSPS) is 20.3. The molecule has 5 heteroatoms. The van der Waals surface area contributed by atoms with Crippen LogP contribution in [0.4, 0.5) is 8.78 Å². The Hall–Kier alpha value is -2.53. The van der Waals surface area contributed by atoms with E-state index in [4.69, 9.17) is 0 Å². The van der Waals surface area contributed by atoms with Gasteiger partial charge in [0.05, 0.1) is 12.6 Å². The molecule has 0 bridgehead atoms. The predicted molar refractivity (Wildman–Crippen MR) is 104 cm³/mol. The molecular weight excluding hydrogens is 346 g/mol. The van der Waals surface area contributed by atoms with Gasteiger partial charge in [-0.2, -0.15) is 0 Å². The van der Waals surface area contributed by atoms with Crippen LogP contribution in [-0.4, -0.2) is 47.9 Å². The van der Waals surface area contributed by atoms with E-state index < -0.39 is 11.6 Å². The van der Waals surface area contributed by atoms with Crippen molar-refractivity contribution in [1.29, 1.82) is 0 Å². The van der Waals surface area contributed by atoms with E-state index in [1.807, 2.05) is 47.1 Å². The average Bonchev–Trinajstić information content (AvgIpc) is 2.99. The molecule has 0 aromatic heterocycles. The Morgan fingerprint density at radius 2 is 2.07 bits per heavy atom. The van der Waals surface area contributed by atoms with Crippen LogP contribution < -0.4 is 0 Å². The summed E-state index contributed by atoms with van der Waals surface area (Å²) >= 11 is 0. The largest absolute Gasteiger partial charge is 0.341 e. The van der Waals surface area contributed by atoms with Crippen molar-refractivity contribution in [3.8, 4) is 0 Å². The first-order chi connectivity index (χ1) is 13.0. The number of likely N-dealkylation sites (tertiary alicyclic amines) is 1. The Kier molecular flexibility index (Phi) is 6.01. The lowest BCUT2D eigenvalue weighted by Crippen LogP contribution is -2.48. The van der Waals surface area contributed by atoms with E-state index in [1.165, 1.54) is 6.07 Å². The van der Waals surface area contributed by atoms with Gasteiger partial charge < -0.3 is 4.90 Å². The van der Waals surface area contributed by atoms with Gasteiger partial charge in [-0.3, -0.25) is 9.69 Å². The lowest BCUT2D eigenvalue weighted by molar-refractivity contribution is -0.135. The molecule has 1 saturated heterocycles. The summed E-state index contributed by atoms with van der Waals surface area (Å²) < 4.78 is 27.9.